The Morgan fingerprint density at radius 3 is 2.76 bits per heavy atom. The Morgan fingerprint density at radius 1 is 1.28 bits per heavy atom. The normalized spacial score (nSPS) is 15.0. The van der Waals surface area contributed by atoms with Gasteiger partial charge in [0, 0.05) is 17.0 Å². The Bertz CT molecular complexity index is 1050. The van der Waals surface area contributed by atoms with E-state index in [4.69, 9.17) is 22.1 Å². The highest BCUT2D eigenvalue weighted by Gasteiger charge is 2.22. The zero-order chi connectivity index (χ0) is 20.4. The molecule has 29 heavy (non-hydrogen) atoms. The zero-order valence-corrected chi connectivity index (χ0v) is 16.8. The van der Waals surface area contributed by atoms with Gasteiger partial charge in [0.05, 0.1) is 6.04 Å². The number of nitrogens with one attached hydrogen (secondary N) is 1. The van der Waals surface area contributed by atoms with E-state index in [-0.39, 0.29) is 6.04 Å². The molecule has 1 amide bonds. The number of nitrogens with two attached hydrogens (primary N) is 1. The molecule has 150 valence electrons. The third-order valence-electron chi connectivity index (χ3n) is 4.96. The van der Waals surface area contributed by atoms with Crippen LogP contribution in [-0.2, 0) is 0 Å². The maximum atomic E-state index is 11.3. The quantitative estimate of drug-likeness (QED) is 0.638. The number of carbonyl (C=O) groups is 1. The van der Waals surface area contributed by atoms with Gasteiger partial charge in [0.2, 0.25) is 0 Å². The number of aryl methyl sites for hydroxylation is 1. The Kier molecular flexibility index (Phi) is 5.51. The highest BCUT2D eigenvalue weighted by molar-refractivity contribution is 6.30. The highest BCUT2D eigenvalue weighted by Crippen LogP contribution is 2.31. The Morgan fingerprint density at radius 2 is 2.07 bits per heavy atom. The van der Waals surface area contributed by atoms with Crippen molar-refractivity contribution < 1.29 is 9.53 Å². The molecule has 3 aromatic rings. The lowest BCUT2D eigenvalue weighted by Gasteiger charge is -2.35. The molecule has 8 heteroatoms. The Labute approximate surface area is 173 Å². The van der Waals surface area contributed by atoms with Gasteiger partial charge < -0.3 is 20.7 Å². The van der Waals surface area contributed by atoms with E-state index in [9.17, 15) is 4.79 Å². The van der Waals surface area contributed by atoms with Crippen molar-refractivity contribution >= 4 is 34.4 Å². The molecule has 1 saturated heterocycles. The second-order valence-corrected chi connectivity index (χ2v) is 7.54. The van der Waals surface area contributed by atoms with E-state index in [1.54, 1.807) is 19.1 Å². The van der Waals surface area contributed by atoms with Crippen LogP contribution in [0.4, 0.5) is 10.6 Å². The monoisotopic (exact) mass is 411 g/mol. The van der Waals surface area contributed by atoms with Crippen molar-refractivity contribution in [2.75, 3.05) is 25.0 Å². The molecule has 1 fully saturated rings. The minimum absolute atomic E-state index is 0.00721. The summed E-state index contributed by atoms with van der Waals surface area (Å²) in [6.45, 7) is 4.80. The first-order valence-corrected chi connectivity index (χ1v) is 9.86. The van der Waals surface area contributed by atoms with Gasteiger partial charge in [-0.1, -0.05) is 29.8 Å². The smallest absolute Gasteiger partial charge is 0.408 e. The van der Waals surface area contributed by atoms with E-state index >= 15 is 0 Å². The molecule has 2 aromatic carbocycles. The van der Waals surface area contributed by atoms with Gasteiger partial charge in [0.15, 0.2) is 5.75 Å². The number of hydrogen-bond donors (Lipinski definition) is 2. The maximum Gasteiger partial charge on any atom is 0.410 e. The van der Waals surface area contributed by atoms with Crippen LogP contribution in [0.2, 0.25) is 5.02 Å². The van der Waals surface area contributed by atoms with Crippen LogP contribution >= 0.6 is 11.6 Å². The second-order valence-electron chi connectivity index (χ2n) is 7.10. The fourth-order valence-corrected chi connectivity index (χ4v) is 3.68. The largest absolute Gasteiger partial charge is 0.410 e. The number of fused-ring (bicyclic) bond motifs is 1. The van der Waals surface area contributed by atoms with Gasteiger partial charge >= 0.3 is 6.09 Å². The summed E-state index contributed by atoms with van der Waals surface area (Å²) in [7, 11) is 0. The van der Waals surface area contributed by atoms with Crippen molar-refractivity contribution in [3.63, 3.8) is 0 Å². The van der Waals surface area contributed by atoms with E-state index in [0.717, 1.165) is 30.6 Å². The summed E-state index contributed by atoms with van der Waals surface area (Å²) in [5.74, 6) is 1.55. The third kappa shape index (κ3) is 4.41. The molecule has 0 saturated carbocycles. The average molecular weight is 412 g/mol. The lowest BCUT2D eigenvalue weighted by atomic mass is 10.0. The van der Waals surface area contributed by atoms with Crippen LogP contribution in [0.3, 0.4) is 0 Å². The van der Waals surface area contributed by atoms with E-state index in [1.165, 1.54) is 6.42 Å². The fraction of sp³-hybridized carbons (Fsp3) is 0.286. The molecule has 0 bridgehead atoms. The molecular weight excluding hydrogens is 390 g/mol. The minimum Gasteiger partial charge on any atom is -0.408 e. The van der Waals surface area contributed by atoms with Gasteiger partial charge in [-0.15, -0.1) is 0 Å². The third-order valence-corrected chi connectivity index (χ3v) is 5.20. The van der Waals surface area contributed by atoms with Crippen LogP contribution in [0.5, 0.6) is 5.75 Å². The minimum atomic E-state index is -0.877. The molecule has 0 radical (unpaired) electrons. The van der Waals surface area contributed by atoms with Crippen LogP contribution in [-0.4, -0.2) is 40.6 Å². The van der Waals surface area contributed by atoms with Crippen LogP contribution in [0.25, 0.3) is 10.9 Å². The number of rotatable bonds is 6. The molecule has 0 unspecified atom stereocenters. The molecule has 1 aliphatic rings. The molecule has 1 atom stereocenters. The Hall–Kier alpha value is -2.90. The van der Waals surface area contributed by atoms with Crippen LogP contribution < -0.4 is 15.8 Å². The summed E-state index contributed by atoms with van der Waals surface area (Å²) in [6, 6.07) is 13.2. The molecule has 7 nitrogen and oxygen atoms in total. The maximum absolute atomic E-state index is 11.3. The second kappa shape index (κ2) is 8.23. The fourth-order valence-electron chi connectivity index (χ4n) is 3.48. The predicted molar refractivity (Wildman–Crippen MR) is 113 cm³/mol. The van der Waals surface area contributed by atoms with Gasteiger partial charge in [-0.2, -0.15) is 0 Å². The van der Waals surface area contributed by atoms with Gasteiger partial charge in [0.25, 0.3) is 0 Å². The number of hydrogen-bond acceptors (Lipinski definition) is 6. The summed E-state index contributed by atoms with van der Waals surface area (Å²) < 4.78 is 5.13. The molecule has 3 N–H and O–H groups in total. The van der Waals surface area contributed by atoms with E-state index in [1.807, 2.05) is 24.3 Å². The lowest BCUT2D eigenvalue weighted by molar-refractivity contribution is 0.174. The van der Waals surface area contributed by atoms with Crippen molar-refractivity contribution in [3.8, 4) is 5.75 Å². The molecule has 1 aliphatic heterocycles. The number of primary amides is 1. The number of likely N-dealkylation sites (tertiary alicyclic amines) is 1. The zero-order valence-electron chi connectivity index (χ0n) is 16.1. The molecule has 0 aliphatic carbocycles. The summed E-state index contributed by atoms with van der Waals surface area (Å²) in [5, 5.41) is 5.01. The number of anilines is 1. The van der Waals surface area contributed by atoms with E-state index in [0.29, 0.717) is 27.9 Å². The molecule has 0 spiro atoms. The molecule has 1 aromatic heterocycles. The molecular formula is C21H22ClN5O2. The van der Waals surface area contributed by atoms with Crippen molar-refractivity contribution in [2.24, 2.45) is 5.73 Å². The highest BCUT2D eigenvalue weighted by atomic mass is 35.5. The van der Waals surface area contributed by atoms with Crippen LogP contribution in [0.15, 0.2) is 42.5 Å². The van der Waals surface area contributed by atoms with E-state index < -0.39 is 6.09 Å². The van der Waals surface area contributed by atoms with Crippen molar-refractivity contribution in [2.45, 2.75) is 19.4 Å². The van der Waals surface area contributed by atoms with Gasteiger partial charge in [-0.05, 0) is 56.3 Å². The van der Waals surface area contributed by atoms with Gasteiger partial charge in [0.1, 0.15) is 17.2 Å². The SMILES string of the molecule is Cc1nc(N[C@H](CN2CCC2)c2cccc(Cl)c2)c2cccc(OC(N)=O)c2n1. The topological polar surface area (TPSA) is 93.4 Å². The summed E-state index contributed by atoms with van der Waals surface area (Å²) in [4.78, 5) is 22.7. The number of amides is 1. The first-order chi connectivity index (χ1) is 14.0. The molecule has 4 rings (SSSR count). The number of ether oxygens (including phenoxy) is 1. The summed E-state index contributed by atoms with van der Waals surface area (Å²) in [6.07, 6.45) is 0.337. The number of halogens is 1. The number of carbonyl (C=O) groups excluding carboxylic acids is 1. The summed E-state index contributed by atoms with van der Waals surface area (Å²) >= 11 is 6.24. The Balaban J connectivity index is 1.74. The first-order valence-electron chi connectivity index (χ1n) is 9.48. The lowest BCUT2D eigenvalue weighted by Crippen LogP contribution is -2.41. The predicted octanol–water partition coefficient (Wildman–Crippen LogP) is 3.91. The number of para-hydroxylation sites is 1. The van der Waals surface area contributed by atoms with Gasteiger partial charge in [-0.25, -0.2) is 14.8 Å². The molecule has 2 heterocycles. The first kappa shape index (κ1) is 19.4. The van der Waals surface area contributed by atoms with Crippen molar-refractivity contribution in [1.29, 1.82) is 0 Å². The van der Waals surface area contributed by atoms with Crippen LogP contribution in [0, 0.1) is 6.92 Å². The number of aromatic nitrogens is 2. The number of benzene rings is 2. The standard InChI is InChI=1S/C21H22ClN5O2/c1-13-24-19-16(7-3-8-18(19)29-21(23)28)20(25-13)26-17(12-27-9-4-10-27)14-5-2-6-15(22)11-14/h2-3,5-8,11,17H,4,9-10,12H2,1H3,(H2,23,28)(H,24,25,26)/t17-/m1/s1. The van der Waals surface area contributed by atoms with Crippen molar-refractivity contribution in [3.05, 3.63) is 58.9 Å². The number of nitrogens with zero attached hydrogens (tertiary/aromatic N) is 3. The van der Waals surface area contributed by atoms with Crippen molar-refractivity contribution in [1.82, 2.24) is 14.9 Å². The van der Waals surface area contributed by atoms with Crippen LogP contribution in [0.1, 0.15) is 23.9 Å². The van der Waals surface area contributed by atoms with Gasteiger partial charge in [-0.3, -0.25) is 0 Å². The van der Waals surface area contributed by atoms with E-state index in [2.05, 4.69) is 26.3 Å². The summed E-state index contributed by atoms with van der Waals surface area (Å²) in [5.41, 5.74) is 6.82. The average Bonchev–Trinajstić information content (AvgIpc) is 2.63.